The fourth-order valence-electron chi connectivity index (χ4n) is 1.40. The molecule has 0 saturated heterocycles. The lowest BCUT2D eigenvalue weighted by molar-refractivity contribution is 0.355. The van der Waals surface area contributed by atoms with Crippen molar-refractivity contribution in [3.63, 3.8) is 0 Å². The molecule has 0 spiro atoms. The summed E-state index contributed by atoms with van der Waals surface area (Å²) in [6.07, 6.45) is 1.70. The number of rotatable bonds is 1. The van der Waals surface area contributed by atoms with Crippen LogP contribution in [0.3, 0.4) is 0 Å². The molecule has 4 heteroatoms. The van der Waals surface area contributed by atoms with E-state index in [2.05, 4.69) is 9.98 Å². The molecule has 1 N–H and O–H groups in total. The standard InChI is InChI=1S/C9H11N3O/c1-12-5-7(6-13)11-9-8(12)3-2-4-10-9/h2-4,13H,5-6H2,1H3. The molecule has 13 heavy (non-hydrogen) atoms. The van der Waals surface area contributed by atoms with Crippen molar-refractivity contribution in [2.45, 2.75) is 0 Å². The molecular weight excluding hydrogens is 166 g/mol. The van der Waals surface area contributed by atoms with Crippen molar-refractivity contribution in [2.75, 3.05) is 25.1 Å². The highest BCUT2D eigenvalue weighted by atomic mass is 16.3. The molecular formula is C9H11N3O. The highest BCUT2D eigenvalue weighted by molar-refractivity contribution is 5.95. The maximum Gasteiger partial charge on any atom is 0.175 e. The average molecular weight is 177 g/mol. The first-order chi connectivity index (χ1) is 6.31. The fraction of sp³-hybridized carbons (Fsp3) is 0.333. The summed E-state index contributed by atoms with van der Waals surface area (Å²) in [7, 11) is 1.96. The van der Waals surface area contributed by atoms with Crippen LogP contribution in [-0.2, 0) is 0 Å². The Balaban J connectivity index is 2.46. The summed E-state index contributed by atoms with van der Waals surface area (Å²) in [6, 6.07) is 3.86. The van der Waals surface area contributed by atoms with Gasteiger partial charge in [-0.1, -0.05) is 0 Å². The van der Waals surface area contributed by atoms with Gasteiger partial charge in [-0.2, -0.15) is 0 Å². The zero-order valence-electron chi connectivity index (χ0n) is 7.44. The second kappa shape index (κ2) is 3.14. The number of aliphatic hydroxyl groups excluding tert-OH is 1. The molecule has 0 atom stereocenters. The molecule has 0 unspecified atom stereocenters. The van der Waals surface area contributed by atoms with Gasteiger partial charge in [0.05, 0.1) is 24.6 Å². The van der Waals surface area contributed by atoms with Gasteiger partial charge in [-0.05, 0) is 12.1 Å². The summed E-state index contributed by atoms with van der Waals surface area (Å²) in [5.74, 6) is 0.695. The number of anilines is 1. The van der Waals surface area contributed by atoms with Crippen molar-refractivity contribution in [1.29, 1.82) is 0 Å². The van der Waals surface area contributed by atoms with E-state index in [1.165, 1.54) is 0 Å². The zero-order valence-corrected chi connectivity index (χ0v) is 7.44. The van der Waals surface area contributed by atoms with E-state index in [-0.39, 0.29) is 6.61 Å². The molecule has 1 aromatic heterocycles. The summed E-state index contributed by atoms with van der Waals surface area (Å²) in [4.78, 5) is 10.4. The predicted octanol–water partition coefficient (Wildman–Crippen LogP) is 0.596. The van der Waals surface area contributed by atoms with Crippen LogP contribution in [0.15, 0.2) is 23.3 Å². The molecule has 0 aliphatic carbocycles. The third-order valence-corrected chi connectivity index (χ3v) is 2.04. The SMILES string of the molecule is CN1CC(CO)=Nc2ncccc21. The molecule has 1 aliphatic rings. The van der Waals surface area contributed by atoms with E-state index in [0.717, 1.165) is 11.4 Å². The number of nitrogens with zero attached hydrogens (tertiary/aromatic N) is 3. The minimum absolute atomic E-state index is 0.000351. The van der Waals surface area contributed by atoms with Gasteiger partial charge in [0.15, 0.2) is 5.82 Å². The van der Waals surface area contributed by atoms with Crippen molar-refractivity contribution >= 4 is 17.2 Å². The lowest BCUT2D eigenvalue weighted by atomic mass is 10.2. The molecule has 4 nitrogen and oxygen atoms in total. The van der Waals surface area contributed by atoms with Crippen LogP contribution < -0.4 is 4.90 Å². The van der Waals surface area contributed by atoms with Crippen LogP contribution in [0.1, 0.15) is 0 Å². The molecule has 2 heterocycles. The van der Waals surface area contributed by atoms with Gasteiger partial charge in [-0.15, -0.1) is 0 Å². The van der Waals surface area contributed by atoms with Crippen molar-refractivity contribution in [3.05, 3.63) is 18.3 Å². The quantitative estimate of drug-likeness (QED) is 0.683. The van der Waals surface area contributed by atoms with Gasteiger partial charge in [0.1, 0.15) is 0 Å². The Bertz CT molecular complexity index is 348. The molecule has 0 bridgehead atoms. The van der Waals surface area contributed by atoms with E-state index >= 15 is 0 Å². The second-order valence-corrected chi connectivity index (χ2v) is 3.04. The zero-order chi connectivity index (χ0) is 9.26. The Kier molecular flexibility index (Phi) is 1.98. The maximum absolute atomic E-state index is 8.95. The smallest absolute Gasteiger partial charge is 0.175 e. The van der Waals surface area contributed by atoms with Crippen molar-refractivity contribution < 1.29 is 5.11 Å². The van der Waals surface area contributed by atoms with Gasteiger partial charge in [0.25, 0.3) is 0 Å². The van der Waals surface area contributed by atoms with E-state index in [1.54, 1.807) is 6.20 Å². The first-order valence-corrected chi connectivity index (χ1v) is 4.14. The predicted molar refractivity (Wildman–Crippen MR) is 51.7 cm³/mol. The van der Waals surface area contributed by atoms with Gasteiger partial charge in [-0.25, -0.2) is 9.98 Å². The summed E-state index contributed by atoms with van der Waals surface area (Å²) >= 11 is 0. The number of hydrogen-bond acceptors (Lipinski definition) is 4. The van der Waals surface area contributed by atoms with E-state index < -0.39 is 0 Å². The first kappa shape index (κ1) is 8.19. The normalized spacial score (nSPS) is 15.2. The number of pyridine rings is 1. The molecule has 2 rings (SSSR count). The minimum atomic E-state index is 0.000351. The van der Waals surface area contributed by atoms with Crippen molar-refractivity contribution in [1.82, 2.24) is 4.98 Å². The van der Waals surface area contributed by atoms with E-state index in [1.807, 2.05) is 24.1 Å². The fourth-order valence-corrected chi connectivity index (χ4v) is 1.40. The van der Waals surface area contributed by atoms with Crippen LogP contribution in [0, 0.1) is 0 Å². The van der Waals surface area contributed by atoms with Gasteiger partial charge >= 0.3 is 0 Å². The van der Waals surface area contributed by atoms with Gasteiger partial charge in [0, 0.05) is 13.2 Å². The molecule has 0 saturated carbocycles. The van der Waals surface area contributed by atoms with Crippen LogP contribution in [-0.4, -0.2) is 36.0 Å². The van der Waals surface area contributed by atoms with E-state index in [4.69, 9.17) is 5.11 Å². The lowest BCUT2D eigenvalue weighted by Gasteiger charge is -2.24. The van der Waals surface area contributed by atoms with E-state index in [9.17, 15) is 0 Å². The summed E-state index contributed by atoms with van der Waals surface area (Å²) in [5.41, 5.74) is 1.77. The van der Waals surface area contributed by atoms with E-state index in [0.29, 0.717) is 12.4 Å². The van der Waals surface area contributed by atoms with Gasteiger partial charge in [0.2, 0.25) is 0 Å². The van der Waals surface area contributed by atoms with Crippen LogP contribution in [0.2, 0.25) is 0 Å². The third kappa shape index (κ3) is 1.40. The molecule has 68 valence electrons. The number of aliphatic hydroxyl groups is 1. The highest BCUT2D eigenvalue weighted by Gasteiger charge is 2.15. The molecule has 0 radical (unpaired) electrons. The molecule has 0 fully saturated rings. The molecule has 0 amide bonds. The number of fused-ring (bicyclic) bond motifs is 1. The molecule has 1 aliphatic heterocycles. The minimum Gasteiger partial charge on any atom is -0.390 e. The Morgan fingerprint density at radius 3 is 3.23 bits per heavy atom. The topological polar surface area (TPSA) is 48.7 Å². The Morgan fingerprint density at radius 2 is 2.46 bits per heavy atom. The summed E-state index contributed by atoms with van der Waals surface area (Å²) < 4.78 is 0. The Labute approximate surface area is 76.6 Å². The number of aromatic nitrogens is 1. The van der Waals surface area contributed by atoms with Crippen LogP contribution >= 0.6 is 0 Å². The Hall–Kier alpha value is -1.42. The average Bonchev–Trinajstić information content (AvgIpc) is 2.18. The Morgan fingerprint density at radius 1 is 1.62 bits per heavy atom. The summed E-state index contributed by atoms with van der Waals surface area (Å²) in [6.45, 7) is 0.676. The number of hydrogen-bond donors (Lipinski definition) is 1. The molecule has 1 aromatic rings. The maximum atomic E-state index is 8.95. The van der Waals surface area contributed by atoms with Crippen LogP contribution in [0.4, 0.5) is 11.5 Å². The third-order valence-electron chi connectivity index (χ3n) is 2.04. The highest BCUT2D eigenvalue weighted by Crippen LogP contribution is 2.27. The first-order valence-electron chi connectivity index (χ1n) is 4.14. The van der Waals surface area contributed by atoms with Crippen LogP contribution in [0.25, 0.3) is 0 Å². The van der Waals surface area contributed by atoms with Crippen molar-refractivity contribution in [2.24, 2.45) is 4.99 Å². The largest absolute Gasteiger partial charge is 0.390 e. The van der Waals surface area contributed by atoms with Gasteiger partial charge in [-0.3, -0.25) is 0 Å². The van der Waals surface area contributed by atoms with Gasteiger partial charge < -0.3 is 10.0 Å². The molecule has 0 aromatic carbocycles. The lowest BCUT2D eigenvalue weighted by Crippen LogP contribution is -2.30. The van der Waals surface area contributed by atoms with Crippen molar-refractivity contribution in [3.8, 4) is 0 Å². The van der Waals surface area contributed by atoms with Crippen LogP contribution in [0.5, 0.6) is 0 Å². The summed E-state index contributed by atoms with van der Waals surface area (Å²) in [5, 5.41) is 8.95. The second-order valence-electron chi connectivity index (χ2n) is 3.04. The monoisotopic (exact) mass is 177 g/mol. The number of aliphatic imine (C=N–C) groups is 1.